The van der Waals surface area contributed by atoms with Crippen LogP contribution in [0.3, 0.4) is 0 Å². The molecule has 0 bridgehead atoms. The lowest BCUT2D eigenvalue weighted by Crippen LogP contribution is -2.39. The average Bonchev–Trinajstić information content (AvgIpc) is 2.70. The van der Waals surface area contributed by atoms with Gasteiger partial charge in [-0.15, -0.1) is 0 Å². The molecule has 1 aliphatic rings. The Bertz CT molecular complexity index is 285. The van der Waals surface area contributed by atoms with E-state index in [4.69, 9.17) is 0 Å². The van der Waals surface area contributed by atoms with Gasteiger partial charge in [0.05, 0.1) is 6.54 Å². The maximum absolute atomic E-state index is 4.65. The lowest BCUT2D eigenvalue weighted by atomic mass is 10.1. The van der Waals surface area contributed by atoms with Crippen molar-refractivity contribution in [1.29, 1.82) is 0 Å². The van der Waals surface area contributed by atoms with Crippen molar-refractivity contribution in [2.75, 3.05) is 25.4 Å². The molecule has 1 atom stereocenters. The smallest absolute Gasteiger partial charge is 0.191 e. The number of rotatable bonds is 5. The monoisotopic (exact) mass is 319 g/mol. The van der Waals surface area contributed by atoms with Crippen molar-refractivity contribution in [3.8, 4) is 0 Å². The highest BCUT2D eigenvalue weighted by molar-refractivity contribution is 9.11. The van der Waals surface area contributed by atoms with Gasteiger partial charge in [-0.1, -0.05) is 22.5 Å². The van der Waals surface area contributed by atoms with Crippen LogP contribution in [0, 0.1) is 0 Å². The van der Waals surface area contributed by atoms with Crippen molar-refractivity contribution in [1.82, 2.24) is 10.6 Å². The van der Waals surface area contributed by atoms with Gasteiger partial charge in [0.1, 0.15) is 0 Å². The summed E-state index contributed by atoms with van der Waals surface area (Å²) in [6, 6.07) is 0. The van der Waals surface area contributed by atoms with Gasteiger partial charge in [0, 0.05) is 22.3 Å². The van der Waals surface area contributed by atoms with Crippen molar-refractivity contribution in [2.24, 2.45) is 4.99 Å². The van der Waals surface area contributed by atoms with Crippen LogP contribution in [-0.2, 0) is 0 Å². The van der Waals surface area contributed by atoms with Crippen LogP contribution in [-0.4, -0.2) is 36.1 Å². The predicted molar refractivity (Wildman–Crippen MR) is 82.1 cm³/mol. The first kappa shape index (κ1) is 14.9. The van der Waals surface area contributed by atoms with Crippen LogP contribution in [0.5, 0.6) is 0 Å². The summed E-state index contributed by atoms with van der Waals surface area (Å²) >= 11 is 5.38. The topological polar surface area (TPSA) is 36.4 Å². The fourth-order valence-corrected chi connectivity index (χ4v) is 3.10. The van der Waals surface area contributed by atoms with Gasteiger partial charge in [-0.05, 0) is 32.4 Å². The molecule has 1 rings (SSSR count). The van der Waals surface area contributed by atoms with Gasteiger partial charge in [0.2, 0.25) is 0 Å². The molecular formula is C12H22BrN3S. The minimum Gasteiger partial charge on any atom is -0.357 e. The van der Waals surface area contributed by atoms with Crippen LogP contribution in [0.4, 0.5) is 0 Å². The Kier molecular flexibility index (Phi) is 6.41. The highest BCUT2D eigenvalue weighted by Crippen LogP contribution is 2.37. The van der Waals surface area contributed by atoms with Crippen molar-refractivity contribution < 1.29 is 0 Å². The van der Waals surface area contributed by atoms with Crippen molar-refractivity contribution in [3.05, 3.63) is 11.1 Å². The summed E-state index contributed by atoms with van der Waals surface area (Å²) in [7, 11) is 0. The van der Waals surface area contributed by atoms with Crippen molar-refractivity contribution in [3.63, 3.8) is 0 Å². The third-order valence-corrected chi connectivity index (χ3v) is 4.47. The summed E-state index contributed by atoms with van der Waals surface area (Å²) in [4.78, 5) is 4.65. The molecule has 98 valence electrons. The Labute approximate surface area is 117 Å². The second-order valence-electron chi connectivity index (χ2n) is 4.47. The molecule has 5 heteroatoms. The second kappa shape index (κ2) is 7.31. The minimum atomic E-state index is 0.327. The highest BCUT2D eigenvalue weighted by Gasteiger charge is 2.29. The fourth-order valence-electron chi connectivity index (χ4n) is 1.73. The molecule has 0 saturated carbocycles. The number of nitrogens with one attached hydrogen (secondary N) is 2. The molecule has 0 aromatic heterocycles. The number of halogens is 1. The summed E-state index contributed by atoms with van der Waals surface area (Å²) in [6.07, 6.45) is 2.59. The van der Waals surface area contributed by atoms with Gasteiger partial charge >= 0.3 is 0 Å². The van der Waals surface area contributed by atoms with Crippen LogP contribution < -0.4 is 10.6 Å². The first-order chi connectivity index (χ1) is 8.06. The minimum absolute atomic E-state index is 0.327. The van der Waals surface area contributed by atoms with E-state index in [0.29, 0.717) is 11.3 Å². The van der Waals surface area contributed by atoms with Gasteiger partial charge in [-0.25, -0.2) is 0 Å². The maximum Gasteiger partial charge on any atom is 0.191 e. The SMILES string of the molecule is C=C(Br)CNC(=NCC1(C)CCCS1)NCC. The third-order valence-electron chi connectivity index (χ3n) is 2.66. The average molecular weight is 320 g/mol. The Hall–Kier alpha value is -0.160. The Morgan fingerprint density at radius 2 is 2.29 bits per heavy atom. The van der Waals surface area contributed by atoms with Crippen molar-refractivity contribution >= 4 is 33.7 Å². The molecule has 0 radical (unpaired) electrons. The van der Waals surface area contributed by atoms with E-state index in [1.54, 1.807) is 0 Å². The molecule has 0 spiro atoms. The summed E-state index contributed by atoms with van der Waals surface area (Å²) in [5, 5.41) is 6.49. The van der Waals surface area contributed by atoms with Crippen LogP contribution in [0.15, 0.2) is 16.1 Å². The Balaban J connectivity index is 2.47. The van der Waals surface area contributed by atoms with E-state index in [1.807, 2.05) is 11.8 Å². The van der Waals surface area contributed by atoms with Gasteiger partial charge in [0.25, 0.3) is 0 Å². The van der Waals surface area contributed by atoms with E-state index >= 15 is 0 Å². The van der Waals surface area contributed by atoms with Gasteiger partial charge in [0.15, 0.2) is 5.96 Å². The molecular weight excluding hydrogens is 298 g/mol. The van der Waals surface area contributed by atoms with Crippen LogP contribution in [0.25, 0.3) is 0 Å². The number of thioether (sulfide) groups is 1. The zero-order valence-corrected chi connectivity index (χ0v) is 13.1. The number of guanidine groups is 1. The van der Waals surface area contributed by atoms with Gasteiger partial charge in [-0.2, -0.15) is 11.8 Å². The molecule has 1 fully saturated rings. The standard InChI is InChI=1S/C12H22BrN3S/c1-4-14-11(15-8-10(2)13)16-9-12(3)6-5-7-17-12/h2,4-9H2,1,3H3,(H2,14,15,16). The molecule has 1 saturated heterocycles. The zero-order chi connectivity index (χ0) is 12.7. The van der Waals surface area contributed by atoms with E-state index in [-0.39, 0.29) is 0 Å². The van der Waals surface area contributed by atoms with E-state index in [2.05, 4.69) is 52.0 Å². The summed E-state index contributed by atoms with van der Waals surface area (Å²) < 4.78 is 1.26. The molecule has 0 aromatic carbocycles. The quantitative estimate of drug-likeness (QED) is 0.604. The molecule has 1 heterocycles. The van der Waals surface area contributed by atoms with E-state index in [0.717, 1.165) is 23.5 Å². The summed E-state index contributed by atoms with van der Waals surface area (Å²) in [6.45, 7) is 10.6. The van der Waals surface area contributed by atoms with Gasteiger partial charge < -0.3 is 10.6 Å². The Morgan fingerprint density at radius 3 is 2.82 bits per heavy atom. The molecule has 1 aliphatic heterocycles. The fraction of sp³-hybridized carbons (Fsp3) is 0.750. The normalized spacial score (nSPS) is 24.8. The first-order valence-electron chi connectivity index (χ1n) is 6.05. The number of aliphatic imine (C=N–C) groups is 1. The lowest BCUT2D eigenvalue weighted by Gasteiger charge is -2.21. The summed E-state index contributed by atoms with van der Waals surface area (Å²) in [5.41, 5.74) is 0. The van der Waals surface area contributed by atoms with Crippen molar-refractivity contribution in [2.45, 2.75) is 31.4 Å². The molecule has 3 nitrogen and oxygen atoms in total. The van der Waals surface area contributed by atoms with E-state index < -0.39 is 0 Å². The number of hydrogen-bond donors (Lipinski definition) is 2. The largest absolute Gasteiger partial charge is 0.357 e. The summed E-state index contributed by atoms with van der Waals surface area (Å²) in [5.74, 6) is 2.15. The van der Waals surface area contributed by atoms with E-state index in [1.165, 1.54) is 18.6 Å². The van der Waals surface area contributed by atoms with Crippen LogP contribution in [0.2, 0.25) is 0 Å². The van der Waals surface area contributed by atoms with Crippen LogP contribution >= 0.6 is 27.7 Å². The maximum atomic E-state index is 4.65. The molecule has 0 aromatic rings. The number of nitrogens with zero attached hydrogens (tertiary/aromatic N) is 1. The highest BCUT2D eigenvalue weighted by atomic mass is 79.9. The number of hydrogen-bond acceptors (Lipinski definition) is 2. The molecule has 1 unspecified atom stereocenters. The molecule has 17 heavy (non-hydrogen) atoms. The first-order valence-corrected chi connectivity index (χ1v) is 7.83. The second-order valence-corrected chi connectivity index (χ2v) is 7.27. The predicted octanol–water partition coefficient (Wildman–Crippen LogP) is 2.74. The molecule has 2 N–H and O–H groups in total. The lowest BCUT2D eigenvalue weighted by molar-refractivity contribution is 0.615. The van der Waals surface area contributed by atoms with Gasteiger partial charge in [-0.3, -0.25) is 4.99 Å². The van der Waals surface area contributed by atoms with E-state index in [9.17, 15) is 0 Å². The zero-order valence-electron chi connectivity index (χ0n) is 10.7. The van der Waals surface area contributed by atoms with Crippen LogP contribution in [0.1, 0.15) is 26.7 Å². The third kappa shape index (κ3) is 5.82. The Morgan fingerprint density at radius 1 is 1.53 bits per heavy atom. The molecule has 0 amide bonds. The molecule has 0 aliphatic carbocycles.